The second kappa shape index (κ2) is 6.98. The Morgan fingerprint density at radius 2 is 2.11 bits per heavy atom. The van der Waals surface area contributed by atoms with Crippen LogP contribution in [0.15, 0.2) is 24.3 Å². The summed E-state index contributed by atoms with van der Waals surface area (Å²) in [4.78, 5) is 22.0. The number of nitrogens with one attached hydrogen (secondary N) is 1. The van der Waals surface area contributed by atoms with Crippen molar-refractivity contribution < 1.29 is 19.4 Å². The summed E-state index contributed by atoms with van der Waals surface area (Å²) < 4.78 is 4.44. The Morgan fingerprint density at radius 1 is 1.44 bits per heavy atom. The molecule has 2 N–H and O–H groups in total. The van der Waals surface area contributed by atoms with Gasteiger partial charge in [-0.2, -0.15) is 0 Å². The van der Waals surface area contributed by atoms with Crippen molar-refractivity contribution in [2.24, 2.45) is 0 Å². The van der Waals surface area contributed by atoms with Crippen LogP contribution < -0.4 is 5.32 Å². The molecule has 5 nitrogen and oxygen atoms in total. The van der Waals surface area contributed by atoms with Crippen molar-refractivity contribution in [3.8, 4) is 0 Å². The van der Waals surface area contributed by atoms with Crippen molar-refractivity contribution in [1.82, 2.24) is 5.32 Å². The van der Waals surface area contributed by atoms with Crippen LogP contribution in [-0.2, 0) is 20.9 Å². The molecule has 1 aromatic rings. The van der Waals surface area contributed by atoms with Gasteiger partial charge in [0.15, 0.2) is 0 Å². The number of carbonyl (C=O) groups excluding carboxylic acids is 1. The highest BCUT2D eigenvalue weighted by atomic mass is 35.5. The van der Waals surface area contributed by atoms with Gasteiger partial charge in [-0.3, -0.25) is 14.9 Å². The van der Waals surface area contributed by atoms with Crippen LogP contribution in [0.3, 0.4) is 0 Å². The van der Waals surface area contributed by atoms with Gasteiger partial charge in [0.25, 0.3) is 0 Å². The number of halogens is 1. The maximum atomic E-state index is 11.1. The maximum absolute atomic E-state index is 11.1. The van der Waals surface area contributed by atoms with E-state index in [4.69, 9.17) is 16.7 Å². The molecule has 0 radical (unpaired) electrons. The van der Waals surface area contributed by atoms with Gasteiger partial charge in [0.05, 0.1) is 13.5 Å². The third kappa shape index (κ3) is 4.35. The van der Waals surface area contributed by atoms with E-state index in [1.807, 2.05) is 0 Å². The van der Waals surface area contributed by atoms with Crippen LogP contribution in [0.25, 0.3) is 0 Å². The molecule has 0 saturated carbocycles. The number of esters is 1. The third-order valence-corrected chi connectivity index (χ3v) is 2.76. The van der Waals surface area contributed by atoms with Crippen LogP contribution in [0.5, 0.6) is 0 Å². The summed E-state index contributed by atoms with van der Waals surface area (Å²) in [5.74, 6) is -1.68. The van der Waals surface area contributed by atoms with E-state index in [1.54, 1.807) is 24.3 Å². The second-order valence-corrected chi connectivity index (χ2v) is 4.05. The lowest BCUT2D eigenvalue weighted by molar-refractivity contribution is -0.147. The molecular weight excluding hydrogens is 258 g/mol. The zero-order chi connectivity index (χ0) is 13.5. The van der Waals surface area contributed by atoms with Crippen LogP contribution in [0.1, 0.15) is 12.0 Å². The van der Waals surface area contributed by atoms with Gasteiger partial charge in [-0.05, 0) is 11.6 Å². The molecule has 0 aliphatic heterocycles. The highest BCUT2D eigenvalue weighted by molar-refractivity contribution is 6.31. The first kappa shape index (κ1) is 14.5. The molecule has 0 heterocycles. The summed E-state index contributed by atoms with van der Waals surface area (Å²) in [5, 5.41) is 12.3. The second-order valence-electron chi connectivity index (χ2n) is 3.64. The average Bonchev–Trinajstić information content (AvgIpc) is 2.35. The number of aliphatic carboxylic acids is 1. The Morgan fingerprint density at radius 3 is 2.67 bits per heavy atom. The van der Waals surface area contributed by atoms with Gasteiger partial charge in [-0.25, -0.2) is 0 Å². The smallest absolute Gasteiger partial charge is 0.321 e. The molecular formula is C12H14ClNO4. The molecule has 0 amide bonds. The minimum Gasteiger partial charge on any atom is -0.480 e. The monoisotopic (exact) mass is 271 g/mol. The molecule has 0 aliphatic carbocycles. The Bertz CT molecular complexity index is 436. The summed E-state index contributed by atoms with van der Waals surface area (Å²) >= 11 is 5.94. The van der Waals surface area contributed by atoms with Crippen molar-refractivity contribution in [2.75, 3.05) is 7.11 Å². The normalized spacial score (nSPS) is 11.9. The topological polar surface area (TPSA) is 75.6 Å². The zero-order valence-corrected chi connectivity index (χ0v) is 10.6. The maximum Gasteiger partial charge on any atom is 0.321 e. The van der Waals surface area contributed by atoms with E-state index in [9.17, 15) is 9.59 Å². The van der Waals surface area contributed by atoms with Crippen LogP contribution in [0, 0.1) is 0 Å². The standard InChI is InChI=1S/C12H14ClNO4/c1-18-11(15)6-10(12(16)17)14-7-8-4-2-3-5-9(8)13/h2-5,10,14H,6-7H2,1H3,(H,16,17)/t10-/m0/s1. The number of carbonyl (C=O) groups is 2. The summed E-state index contributed by atoms with van der Waals surface area (Å²) in [5.41, 5.74) is 0.773. The number of methoxy groups -OCH3 is 1. The first-order valence-corrected chi connectivity index (χ1v) is 5.68. The van der Waals surface area contributed by atoms with Gasteiger partial charge >= 0.3 is 11.9 Å². The van der Waals surface area contributed by atoms with E-state index in [0.29, 0.717) is 5.02 Å². The Balaban J connectivity index is 2.60. The van der Waals surface area contributed by atoms with Crippen molar-refractivity contribution >= 4 is 23.5 Å². The SMILES string of the molecule is COC(=O)C[C@H](NCc1ccccc1Cl)C(=O)O. The van der Waals surface area contributed by atoms with E-state index < -0.39 is 18.0 Å². The van der Waals surface area contributed by atoms with Gasteiger partial charge < -0.3 is 9.84 Å². The van der Waals surface area contributed by atoms with E-state index in [-0.39, 0.29) is 13.0 Å². The molecule has 98 valence electrons. The number of hydrogen-bond donors (Lipinski definition) is 2. The van der Waals surface area contributed by atoms with Crippen LogP contribution in [0.4, 0.5) is 0 Å². The van der Waals surface area contributed by atoms with Crippen molar-refractivity contribution in [2.45, 2.75) is 19.0 Å². The fourth-order valence-electron chi connectivity index (χ4n) is 1.37. The van der Waals surface area contributed by atoms with Crippen molar-refractivity contribution in [3.05, 3.63) is 34.9 Å². The van der Waals surface area contributed by atoms with E-state index in [2.05, 4.69) is 10.1 Å². The quantitative estimate of drug-likeness (QED) is 0.766. The minimum absolute atomic E-state index is 0.226. The molecule has 6 heteroatoms. The molecule has 1 atom stereocenters. The third-order valence-electron chi connectivity index (χ3n) is 2.39. The van der Waals surface area contributed by atoms with E-state index in [1.165, 1.54) is 7.11 Å². The van der Waals surface area contributed by atoms with Crippen molar-refractivity contribution in [1.29, 1.82) is 0 Å². The lowest BCUT2D eigenvalue weighted by Gasteiger charge is -2.13. The lowest BCUT2D eigenvalue weighted by atomic mass is 10.1. The summed E-state index contributed by atoms with van der Waals surface area (Å²) in [7, 11) is 1.22. The molecule has 0 fully saturated rings. The van der Waals surface area contributed by atoms with Crippen LogP contribution in [0.2, 0.25) is 5.02 Å². The fourth-order valence-corrected chi connectivity index (χ4v) is 1.57. The number of hydrogen-bond acceptors (Lipinski definition) is 4. The molecule has 0 unspecified atom stereocenters. The number of rotatable bonds is 6. The lowest BCUT2D eigenvalue weighted by Crippen LogP contribution is -2.38. The Labute approximate surface area is 110 Å². The van der Waals surface area contributed by atoms with Crippen LogP contribution >= 0.6 is 11.6 Å². The highest BCUT2D eigenvalue weighted by Crippen LogP contribution is 2.14. The molecule has 0 aromatic heterocycles. The van der Waals surface area contributed by atoms with E-state index >= 15 is 0 Å². The Hall–Kier alpha value is -1.59. The average molecular weight is 272 g/mol. The Kier molecular flexibility index (Phi) is 5.61. The largest absolute Gasteiger partial charge is 0.480 e. The summed E-state index contributed by atoms with van der Waals surface area (Å²) in [6.07, 6.45) is -0.226. The van der Waals surface area contributed by atoms with Gasteiger partial charge in [-0.1, -0.05) is 29.8 Å². The number of carboxylic acids is 1. The highest BCUT2D eigenvalue weighted by Gasteiger charge is 2.21. The van der Waals surface area contributed by atoms with Gasteiger partial charge in [0.1, 0.15) is 6.04 Å². The molecule has 0 spiro atoms. The molecule has 1 rings (SSSR count). The first-order valence-electron chi connectivity index (χ1n) is 5.31. The summed E-state index contributed by atoms with van der Waals surface area (Å²) in [6, 6.07) is 6.10. The minimum atomic E-state index is -1.10. The van der Waals surface area contributed by atoms with Gasteiger partial charge in [-0.15, -0.1) is 0 Å². The fraction of sp³-hybridized carbons (Fsp3) is 0.333. The van der Waals surface area contributed by atoms with E-state index in [0.717, 1.165) is 5.56 Å². The predicted octanol–water partition coefficient (Wildman–Crippen LogP) is 1.45. The number of benzene rings is 1. The number of carboxylic acid groups (broad SMARTS) is 1. The van der Waals surface area contributed by atoms with Crippen LogP contribution in [-0.4, -0.2) is 30.2 Å². The zero-order valence-electron chi connectivity index (χ0n) is 9.85. The summed E-state index contributed by atoms with van der Waals surface area (Å²) in [6.45, 7) is 0.271. The first-order chi connectivity index (χ1) is 8.54. The molecule has 1 aromatic carbocycles. The van der Waals surface area contributed by atoms with Gasteiger partial charge in [0, 0.05) is 11.6 Å². The van der Waals surface area contributed by atoms with Gasteiger partial charge in [0.2, 0.25) is 0 Å². The molecule has 18 heavy (non-hydrogen) atoms. The molecule has 0 saturated heterocycles. The van der Waals surface area contributed by atoms with Crippen molar-refractivity contribution in [3.63, 3.8) is 0 Å². The molecule has 0 aliphatic rings. The number of ether oxygens (including phenoxy) is 1. The predicted molar refractivity (Wildman–Crippen MR) is 66.3 cm³/mol. The molecule has 0 bridgehead atoms.